The van der Waals surface area contributed by atoms with Crippen molar-refractivity contribution in [1.29, 1.82) is 0 Å². The SMILES string of the molecule is Cc1cc(NC(=O)C(O)c2cc(F)cc(Cl)c2)ccc1-n1ncc2ncnc(N)c21. The Labute approximate surface area is 175 Å². The van der Waals surface area contributed by atoms with E-state index in [2.05, 4.69) is 20.4 Å². The Morgan fingerprint density at radius 3 is 2.80 bits per heavy atom. The fourth-order valence-electron chi connectivity index (χ4n) is 3.14. The summed E-state index contributed by atoms with van der Waals surface area (Å²) >= 11 is 5.79. The molecule has 0 aliphatic carbocycles. The summed E-state index contributed by atoms with van der Waals surface area (Å²) in [5, 5.41) is 17.3. The van der Waals surface area contributed by atoms with E-state index in [1.54, 1.807) is 29.1 Å². The van der Waals surface area contributed by atoms with Gasteiger partial charge in [-0.1, -0.05) is 11.6 Å². The Morgan fingerprint density at radius 2 is 2.07 bits per heavy atom. The molecule has 2 aromatic carbocycles. The quantitative estimate of drug-likeness (QED) is 0.461. The van der Waals surface area contributed by atoms with Crippen molar-refractivity contribution in [2.45, 2.75) is 13.0 Å². The third-order valence-corrected chi connectivity index (χ3v) is 4.75. The van der Waals surface area contributed by atoms with Gasteiger partial charge in [-0.25, -0.2) is 19.0 Å². The molecular weight excluding hydrogens is 411 g/mol. The lowest BCUT2D eigenvalue weighted by molar-refractivity contribution is -0.124. The normalized spacial score (nSPS) is 12.1. The minimum Gasteiger partial charge on any atom is -0.382 e. The maximum atomic E-state index is 13.5. The summed E-state index contributed by atoms with van der Waals surface area (Å²) in [6.45, 7) is 1.83. The van der Waals surface area contributed by atoms with Gasteiger partial charge in [0.05, 0.1) is 11.9 Å². The second-order valence-electron chi connectivity index (χ2n) is 6.64. The van der Waals surface area contributed by atoms with Gasteiger partial charge in [0.2, 0.25) is 0 Å². The van der Waals surface area contributed by atoms with E-state index < -0.39 is 17.8 Å². The summed E-state index contributed by atoms with van der Waals surface area (Å²) in [4.78, 5) is 20.5. The van der Waals surface area contributed by atoms with Crippen LogP contribution in [0.1, 0.15) is 17.2 Å². The maximum absolute atomic E-state index is 13.5. The van der Waals surface area contributed by atoms with E-state index in [1.165, 1.54) is 12.4 Å². The van der Waals surface area contributed by atoms with E-state index in [-0.39, 0.29) is 10.6 Å². The van der Waals surface area contributed by atoms with E-state index in [4.69, 9.17) is 17.3 Å². The molecule has 30 heavy (non-hydrogen) atoms. The van der Waals surface area contributed by atoms with Gasteiger partial charge in [-0.05, 0) is 54.4 Å². The average molecular weight is 427 g/mol. The number of halogens is 2. The zero-order valence-corrected chi connectivity index (χ0v) is 16.4. The summed E-state index contributed by atoms with van der Waals surface area (Å²) < 4.78 is 15.1. The number of benzene rings is 2. The van der Waals surface area contributed by atoms with Crippen molar-refractivity contribution in [3.63, 3.8) is 0 Å². The number of nitrogens with zero attached hydrogens (tertiary/aromatic N) is 4. The van der Waals surface area contributed by atoms with Crippen LogP contribution in [0, 0.1) is 12.7 Å². The monoisotopic (exact) mass is 426 g/mol. The second kappa shape index (κ2) is 7.69. The molecule has 4 aromatic rings. The first kappa shape index (κ1) is 19.7. The zero-order valence-electron chi connectivity index (χ0n) is 15.7. The lowest BCUT2D eigenvalue weighted by atomic mass is 10.1. The number of carbonyl (C=O) groups excluding carboxylic acids is 1. The van der Waals surface area contributed by atoms with E-state index >= 15 is 0 Å². The highest BCUT2D eigenvalue weighted by Crippen LogP contribution is 2.26. The first-order valence-electron chi connectivity index (χ1n) is 8.83. The molecule has 10 heteroatoms. The van der Waals surface area contributed by atoms with Crippen LogP contribution in [0.5, 0.6) is 0 Å². The number of fused-ring (bicyclic) bond motifs is 1. The molecule has 0 radical (unpaired) electrons. The van der Waals surface area contributed by atoms with Crippen molar-refractivity contribution in [3.8, 4) is 5.69 Å². The highest BCUT2D eigenvalue weighted by Gasteiger charge is 2.19. The third-order valence-electron chi connectivity index (χ3n) is 4.53. The molecule has 2 heterocycles. The highest BCUT2D eigenvalue weighted by molar-refractivity contribution is 6.30. The van der Waals surface area contributed by atoms with Gasteiger partial charge in [0.25, 0.3) is 5.91 Å². The molecule has 0 aliphatic heterocycles. The topological polar surface area (TPSA) is 119 Å². The van der Waals surface area contributed by atoms with Crippen LogP contribution in [0.3, 0.4) is 0 Å². The van der Waals surface area contributed by atoms with Crippen molar-refractivity contribution < 1.29 is 14.3 Å². The molecule has 0 spiro atoms. The molecule has 2 aromatic heterocycles. The molecular formula is C20H16ClFN6O2. The Balaban J connectivity index is 1.59. The van der Waals surface area contributed by atoms with Crippen LogP contribution in [0.2, 0.25) is 5.02 Å². The molecule has 1 amide bonds. The van der Waals surface area contributed by atoms with Gasteiger partial charge >= 0.3 is 0 Å². The number of aromatic nitrogens is 4. The predicted molar refractivity (Wildman–Crippen MR) is 111 cm³/mol. The summed E-state index contributed by atoms with van der Waals surface area (Å²) in [6, 6.07) is 8.59. The lowest BCUT2D eigenvalue weighted by Crippen LogP contribution is -2.21. The number of aliphatic hydroxyl groups excluding tert-OH is 1. The number of aliphatic hydroxyl groups is 1. The number of hydrogen-bond acceptors (Lipinski definition) is 6. The van der Waals surface area contributed by atoms with Crippen molar-refractivity contribution in [2.75, 3.05) is 11.1 Å². The predicted octanol–water partition coefficient (Wildman–Crippen LogP) is 3.17. The molecule has 4 rings (SSSR count). The molecule has 0 saturated carbocycles. The minimum absolute atomic E-state index is 0.0596. The summed E-state index contributed by atoms with van der Waals surface area (Å²) in [7, 11) is 0. The highest BCUT2D eigenvalue weighted by atomic mass is 35.5. The first-order chi connectivity index (χ1) is 14.3. The summed E-state index contributed by atoms with van der Waals surface area (Å²) in [5.74, 6) is -1.06. The maximum Gasteiger partial charge on any atom is 0.257 e. The fraction of sp³-hybridized carbons (Fsp3) is 0.100. The number of aryl methyl sites for hydroxylation is 1. The number of carbonyl (C=O) groups is 1. The zero-order chi connectivity index (χ0) is 21.4. The Kier molecular flexibility index (Phi) is 5.06. The number of nitrogens with two attached hydrogens (primary N) is 1. The molecule has 0 bridgehead atoms. The van der Waals surface area contributed by atoms with E-state index in [9.17, 15) is 14.3 Å². The number of anilines is 2. The van der Waals surface area contributed by atoms with Crippen LogP contribution in [-0.4, -0.2) is 30.8 Å². The van der Waals surface area contributed by atoms with Gasteiger partial charge in [0.1, 0.15) is 23.2 Å². The Hall–Kier alpha value is -3.56. The lowest BCUT2D eigenvalue weighted by Gasteiger charge is -2.14. The molecule has 0 fully saturated rings. The first-order valence-corrected chi connectivity index (χ1v) is 9.21. The molecule has 0 aliphatic rings. The number of amides is 1. The largest absolute Gasteiger partial charge is 0.382 e. The van der Waals surface area contributed by atoms with Crippen molar-refractivity contribution >= 4 is 40.0 Å². The molecule has 1 unspecified atom stereocenters. The van der Waals surface area contributed by atoms with Crippen LogP contribution in [0.25, 0.3) is 16.7 Å². The van der Waals surface area contributed by atoms with E-state index in [0.29, 0.717) is 22.5 Å². The van der Waals surface area contributed by atoms with Crippen LogP contribution in [-0.2, 0) is 4.79 Å². The van der Waals surface area contributed by atoms with Crippen LogP contribution in [0.15, 0.2) is 48.9 Å². The molecule has 152 valence electrons. The van der Waals surface area contributed by atoms with Crippen molar-refractivity contribution in [3.05, 3.63) is 70.9 Å². The number of nitrogen functional groups attached to an aromatic ring is 1. The molecule has 1 atom stereocenters. The van der Waals surface area contributed by atoms with Gasteiger partial charge in [-0.15, -0.1) is 0 Å². The molecule has 8 nitrogen and oxygen atoms in total. The third kappa shape index (κ3) is 3.68. The summed E-state index contributed by atoms with van der Waals surface area (Å²) in [6.07, 6.45) is 1.38. The van der Waals surface area contributed by atoms with Crippen LogP contribution in [0.4, 0.5) is 15.9 Å². The number of rotatable bonds is 4. The van der Waals surface area contributed by atoms with Gasteiger partial charge in [-0.2, -0.15) is 5.10 Å². The number of nitrogens with one attached hydrogen (secondary N) is 1. The van der Waals surface area contributed by atoms with E-state index in [0.717, 1.165) is 23.4 Å². The van der Waals surface area contributed by atoms with Gasteiger partial charge < -0.3 is 16.2 Å². The summed E-state index contributed by atoms with van der Waals surface area (Å²) in [5.41, 5.74) is 9.16. The average Bonchev–Trinajstić information content (AvgIpc) is 3.12. The second-order valence-corrected chi connectivity index (χ2v) is 7.08. The number of hydrogen-bond donors (Lipinski definition) is 3. The molecule has 0 saturated heterocycles. The smallest absolute Gasteiger partial charge is 0.257 e. The van der Waals surface area contributed by atoms with Gasteiger partial charge in [0.15, 0.2) is 11.9 Å². The van der Waals surface area contributed by atoms with Crippen LogP contribution >= 0.6 is 11.6 Å². The van der Waals surface area contributed by atoms with E-state index in [1.807, 2.05) is 6.92 Å². The van der Waals surface area contributed by atoms with Crippen LogP contribution < -0.4 is 11.1 Å². The standard InChI is InChI=1S/C20H16ClFN6O2/c1-10-4-14(27-20(30)18(29)11-5-12(21)7-13(22)6-11)2-3-16(10)28-17-15(8-26-28)24-9-25-19(17)23/h2-9,18,29H,1H3,(H,27,30)(H2,23,24,25). The van der Waals surface area contributed by atoms with Crippen molar-refractivity contribution in [1.82, 2.24) is 19.7 Å². The molecule has 4 N–H and O–H groups in total. The fourth-order valence-corrected chi connectivity index (χ4v) is 3.37. The Bertz CT molecular complexity index is 1260. The van der Waals surface area contributed by atoms with Gasteiger partial charge in [0, 0.05) is 10.7 Å². The Morgan fingerprint density at radius 1 is 1.27 bits per heavy atom. The van der Waals surface area contributed by atoms with Crippen molar-refractivity contribution in [2.24, 2.45) is 0 Å². The minimum atomic E-state index is -1.58. The van der Waals surface area contributed by atoms with Gasteiger partial charge in [-0.3, -0.25) is 4.79 Å².